The van der Waals surface area contributed by atoms with Crippen LogP contribution in [0.1, 0.15) is 20.3 Å². The van der Waals surface area contributed by atoms with E-state index in [0.29, 0.717) is 0 Å². The van der Waals surface area contributed by atoms with Crippen molar-refractivity contribution in [2.24, 2.45) is 5.92 Å². The lowest BCUT2D eigenvalue weighted by Crippen LogP contribution is -2.34. The minimum absolute atomic E-state index is 0.000715. The summed E-state index contributed by atoms with van der Waals surface area (Å²) in [5.74, 6) is -1.07. The van der Waals surface area contributed by atoms with E-state index in [4.69, 9.17) is 5.11 Å². The van der Waals surface area contributed by atoms with Crippen molar-refractivity contribution in [1.29, 1.82) is 0 Å². The highest BCUT2D eigenvalue weighted by molar-refractivity contribution is 5.68. The zero-order chi connectivity index (χ0) is 13.0. The van der Waals surface area contributed by atoms with Crippen molar-refractivity contribution in [1.82, 2.24) is 15.2 Å². The molecule has 1 heterocycles. The van der Waals surface area contributed by atoms with Crippen LogP contribution in [0.4, 0.5) is 5.82 Å². The third kappa shape index (κ3) is 3.74. The molecule has 0 aliphatic carbocycles. The molecule has 0 saturated heterocycles. The van der Waals surface area contributed by atoms with Crippen LogP contribution in [-0.2, 0) is 4.79 Å². The van der Waals surface area contributed by atoms with Crippen LogP contribution in [0, 0.1) is 5.92 Å². The average Bonchev–Trinajstić information content (AvgIpc) is 2.19. The first-order valence-corrected chi connectivity index (χ1v) is 5.07. The molecule has 0 bridgehead atoms. The Hall–Kier alpha value is -2.12. The Morgan fingerprint density at radius 1 is 1.47 bits per heavy atom. The van der Waals surface area contributed by atoms with E-state index in [2.05, 4.69) is 15.5 Å². The van der Waals surface area contributed by atoms with Gasteiger partial charge in [0.05, 0.1) is 6.42 Å². The van der Waals surface area contributed by atoms with Crippen molar-refractivity contribution in [3.63, 3.8) is 0 Å². The second-order valence-corrected chi connectivity index (χ2v) is 3.95. The van der Waals surface area contributed by atoms with Crippen LogP contribution in [0.15, 0.2) is 9.59 Å². The van der Waals surface area contributed by atoms with Gasteiger partial charge in [-0.1, -0.05) is 13.8 Å². The van der Waals surface area contributed by atoms with Gasteiger partial charge in [-0.3, -0.25) is 14.6 Å². The number of carbonyl (C=O) groups is 1. The van der Waals surface area contributed by atoms with E-state index in [1.54, 1.807) is 0 Å². The van der Waals surface area contributed by atoms with E-state index in [-0.39, 0.29) is 18.2 Å². The molecule has 0 aliphatic heterocycles. The predicted octanol–water partition coefficient (Wildman–Crippen LogP) is -0.631. The number of anilines is 1. The van der Waals surface area contributed by atoms with Gasteiger partial charge in [0.15, 0.2) is 0 Å². The quantitative estimate of drug-likeness (QED) is 0.544. The van der Waals surface area contributed by atoms with Crippen LogP contribution in [0.2, 0.25) is 0 Å². The van der Waals surface area contributed by atoms with E-state index < -0.39 is 23.3 Å². The molecule has 0 fully saturated rings. The number of aliphatic carboxylic acids is 1. The van der Waals surface area contributed by atoms with Gasteiger partial charge in [-0.25, -0.2) is 9.89 Å². The summed E-state index contributed by atoms with van der Waals surface area (Å²) in [6.45, 7) is 3.64. The molecule has 0 radical (unpaired) electrons. The molecule has 1 unspecified atom stereocenters. The fourth-order valence-electron chi connectivity index (χ4n) is 1.26. The highest BCUT2D eigenvalue weighted by Crippen LogP contribution is 2.10. The summed E-state index contributed by atoms with van der Waals surface area (Å²) in [6, 6.07) is -0.438. The Morgan fingerprint density at radius 2 is 2.12 bits per heavy atom. The first-order chi connectivity index (χ1) is 7.90. The van der Waals surface area contributed by atoms with Crippen molar-refractivity contribution >= 4 is 11.8 Å². The summed E-state index contributed by atoms with van der Waals surface area (Å²) in [7, 11) is 0. The number of hydrogen-bond donors (Lipinski definition) is 4. The molecule has 1 rings (SSSR count). The fourth-order valence-corrected chi connectivity index (χ4v) is 1.26. The minimum Gasteiger partial charge on any atom is -0.481 e. The molecular formula is C9H14N4O4. The smallest absolute Gasteiger partial charge is 0.342 e. The molecule has 8 heteroatoms. The first-order valence-electron chi connectivity index (χ1n) is 5.07. The van der Waals surface area contributed by atoms with Gasteiger partial charge in [0.25, 0.3) is 5.56 Å². The zero-order valence-corrected chi connectivity index (χ0v) is 9.48. The summed E-state index contributed by atoms with van der Waals surface area (Å²) >= 11 is 0. The molecule has 0 aromatic carbocycles. The van der Waals surface area contributed by atoms with Crippen LogP contribution in [0.5, 0.6) is 0 Å². The Labute approximate surface area is 96.1 Å². The topological polar surface area (TPSA) is 128 Å². The maximum absolute atomic E-state index is 11.3. The number of nitrogens with zero attached hydrogens (tertiary/aromatic N) is 1. The highest BCUT2D eigenvalue weighted by Gasteiger charge is 2.18. The maximum Gasteiger partial charge on any atom is 0.342 e. The van der Waals surface area contributed by atoms with Gasteiger partial charge in [0.2, 0.25) is 5.82 Å². The van der Waals surface area contributed by atoms with Gasteiger partial charge in [-0.15, -0.1) is 5.10 Å². The van der Waals surface area contributed by atoms with Crippen molar-refractivity contribution in [3.05, 3.63) is 20.8 Å². The molecule has 0 saturated carbocycles. The van der Waals surface area contributed by atoms with Gasteiger partial charge >= 0.3 is 11.7 Å². The van der Waals surface area contributed by atoms with E-state index >= 15 is 0 Å². The van der Waals surface area contributed by atoms with E-state index in [9.17, 15) is 14.4 Å². The summed E-state index contributed by atoms with van der Waals surface area (Å²) in [4.78, 5) is 34.7. The lowest BCUT2D eigenvalue weighted by atomic mass is 10.0. The Kier molecular flexibility index (Phi) is 4.02. The van der Waals surface area contributed by atoms with Crippen LogP contribution in [-0.4, -0.2) is 32.3 Å². The fraction of sp³-hybridized carbons (Fsp3) is 0.556. The van der Waals surface area contributed by atoms with Crippen molar-refractivity contribution in [3.8, 4) is 0 Å². The lowest BCUT2D eigenvalue weighted by Gasteiger charge is -2.20. The summed E-state index contributed by atoms with van der Waals surface area (Å²) in [5.41, 5.74) is -1.38. The number of carboxylic acid groups (broad SMARTS) is 1. The molecule has 94 valence electrons. The molecule has 0 amide bonds. The highest BCUT2D eigenvalue weighted by atomic mass is 16.4. The van der Waals surface area contributed by atoms with E-state index in [0.717, 1.165) is 0 Å². The Balaban J connectivity index is 2.89. The summed E-state index contributed by atoms with van der Waals surface area (Å²) in [5, 5.41) is 17.0. The van der Waals surface area contributed by atoms with Crippen LogP contribution < -0.4 is 16.6 Å². The number of carboxylic acids is 1. The van der Waals surface area contributed by atoms with Crippen molar-refractivity contribution < 1.29 is 9.90 Å². The van der Waals surface area contributed by atoms with Gasteiger partial charge in [0, 0.05) is 6.04 Å². The van der Waals surface area contributed by atoms with Crippen LogP contribution in [0.25, 0.3) is 0 Å². The molecule has 1 aromatic rings. The standard InChI is InChI=1S/C9H14N4O4/c1-4(2)5(3-6(14)15)10-7-8(16)11-9(17)13-12-7/h4-5H,3H2,1-2H3,(H,10,12)(H,14,15)(H2,11,13,16,17). The predicted molar refractivity (Wildman–Crippen MR) is 60.0 cm³/mol. The minimum atomic E-state index is -0.975. The van der Waals surface area contributed by atoms with E-state index in [1.165, 1.54) is 0 Å². The van der Waals surface area contributed by atoms with Gasteiger partial charge < -0.3 is 10.4 Å². The second kappa shape index (κ2) is 5.28. The lowest BCUT2D eigenvalue weighted by molar-refractivity contribution is -0.137. The Morgan fingerprint density at radius 3 is 2.59 bits per heavy atom. The zero-order valence-electron chi connectivity index (χ0n) is 9.48. The monoisotopic (exact) mass is 242 g/mol. The number of nitrogens with one attached hydrogen (secondary N) is 3. The molecule has 17 heavy (non-hydrogen) atoms. The maximum atomic E-state index is 11.3. The average molecular weight is 242 g/mol. The van der Waals surface area contributed by atoms with Gasteiger partial charge in [-0.05, 0) is 5.92 Å². The third-order valence-corrected chi connectivity index (χ3v) is 2.23. The Bertz CT molecular complexity index is 504. The van der Waals surface area contributed by atoms with Crippen molar-refractivity contribution in [2.45, 2.75) is 26.3 Å². The molecule has 1 aromatic heterocycles. The largest absolute Gasteiger partial charge is 0.481 e. The number of hydrogen-bond acceptors (Lipinski definition) is 5. The van der Waals surface area contributed by atoms with Gasteiger partial charge in [0.1, 0.15) is 0 Å². The normalized spacial score (nSPS) is 12.4. The third-order valence-electron chi connectivity index (χ3n) is 2.23. The number of H-pyrrole nitrogens is 2. The van der Waals surface area contributed by atoms with Crippen LogP contribution >= 0.6 is 0 Å². The second-order valence-electron chi connectivity index (χ2n) is 3.95. The number of aromatic amines is 2. The van der Waals surface area contributed by atoms with Crippen LogP contribution in [0.3, 0.4) is 0 Å². The van der Waals surface area contributed by atoms with Crippen molar-refractivity contribution in [2.75, 3.05) is 5.32 Å². The molecule has 4 N–H and O–H groups in total. The summed E-state index contributed by atoms with van der Waals surface area (Å²) < 4.78 is 0. The SMILES string of the molecule is CC(C)C(CC(=O)O)Nc1n[nH]c(=O)[nH]c1=O. The van der Waals surface area contributed by atoms with Gasteiger partial charge in [-0.2, -0.15) is 0 Å². The molecule has 8 nitrogen and oxygen atoms in total. The summed E-state index contributed by atoms with van der Waals surface area (Å²) in [6.07, 6.45) is -0.141. The number of aromatic nitrogens is 3. The van der Waals surface area contributed by atoms with E-state index in [1.807, 2.05) is 18.8 Å². The molecule has 1 atom stereocenters. The first kappa shape index (κ1) is 12.9. The molecule has 0 spiro atoms. The molecule has 0 aliphatic rings. The number of rotatable bonds is 5. The molecular weight excluding hydrogens is 228 g/mol.